The van der Waals surface area contributed by atoms with Gasteiger partial charge in [0.15, 0.2) is 0 Å². The van der Waals surface area contributed by atoms with Crippen molar-refractivity contribution in [2.24, 2.45) is 0 Å². The molecule has 1 rings (SSSR count). The number of hydrogen-bond donors (Lipinski definition) is 2. The fourth-order valence-electron chi connectivity index (χ4n) is 1.78. The summed E-state index contributed by atoms with van der Waals surface area (Å²) in [6.45, 7) is 3.88. The van der Waals surface area contributed by atoms with E-state index in [1.165, 1.54) is 0 Å². The average Bonchev–Trinajstić information content (AvgIpc) is 2.30. The quantitative estimate of drug-likeness (QED) is 0.820. The third kappa shape index (κ3) is 4.02. The van der Waals surface area contributed by atoms with E-state index in [0.717, 1.165) is 12.0 Å². The summed E-state index contributed by atoms with van der Waals surface area (Å²) in [5, 5.41) is 12.8. The second-order valence-electron chi connectivity index (χ2n) is 3.98. The largest absolute Gasteiger partial charge is 0.480 e. The Morgan fingerprint density at radius 2 is 2.12 bits per heavy atom. The maximum Gasteiger partial charge on any atom is 0.320 e. The first-order valence-electron chi connectivity index (χ1n) is 5.82. The molecule has 0 bridgehead atoms. The standard InChI is InChI=1S/C13H18ClNO2/c1-3-11(15-12(4-2)13(16)17)9-6-5-7-10(14)8-9/h5-8,11-12,15H,3-4H2,1-2H3,(H,16,17). The van der Waals surface area contributed by atoms with Gasteiger partial charge in [0.2, 0.25) is 0 Å². The lowest BCUT2D eigenvalue weighted by molar-refractivity contribution is -0.139. The molecule has 0 radical (unpaired) electrons. The summed E-state index contributed by atoms with van der Waals surface area (Å²) >= 11 is 5.93. The number of rotatable bonds is 6. The van der Waals surface area contributed by atoms with E-state index in [1.54, 1.807) is 0 Å². The first-order valence-corrected chi connectivity index (χ1v) is 6.20. The van der Waals surface area contributed by atoms with Gasteiger partial charge in [-0.25, -0.2) is 0 Å². The Morgan fingerprint density at radius 1 is 1.41 bits per heavy atom. The first-order chi connectivity index (χ1) is 8.08. The monoisotopic (exact) mass is 255 g/mol. The van der Waals surface area contributed by atoms with Gasteiger partial charge in [0.25, 0.3) is 0 Å². The summed E-state index contributed by atoms with van der Waals surface area (Å²) < 4.78 is 0. The Balaban J connectivity index is 2.81. The van der Waals surface area contributed by atoms with Crippen LogP contribution in [0.2, 0.25) is 5.02 Å². The molecule has 3 nitrogen and oxygen atoms in total. The van der Waals surface area contributed by atoms with E-state index in [9.17, 15) is 4.79 Å². The topological polar surface area (TPSA) is 49.3 Å². The second kappa shape index (κ2) is 6.62. The summed E-state index contributed by atoms with van der Waals surface area (Å²) in [4.78, 5) is 11.0. The van der Waals surface area contributed by atoms with E-state index >= 15 is 0 Å². The lowest BCUT2D eigenvalue weighted by Crippen LogP contribution is -2.38. The molecule has 0 saturated heterocycles. The Kier molecular flexibility index (Phi) is 5.45. The molecule has 0 spiro atoms. The molecule has 0 aromatic heterocycles. The van der Waals surface area contributed by atoms with Gasteiger partial charge >= 0.3 is 5.97 Å². The van der Waals surface area contributed by atoms with Crippen LogP contribution in [-0.4, -0.2) is 17.1 Å². The molecule has 0 aliphatic heterocycles. The fourth-order valence-corrected chi connectivity index (χ4v) is 1.98. The normalized spacial score (nSPS) is 14.3. The number of benzene rings is 1. The van der Waals surface area contributed by atoms with E-state index in [1.807, 2.05) is 38.1 Å². The Labute approximate surface area is 107 Å². The first kappa shape index (κ1) is 14.0. The van der Waals surface area contributed by atoms with Crippen molar-refractivity contribution in [2.45, 2.75) is 38.8 Å². The van der Waals surface area contributed by atoms with Crippen LogP contribution in [0.1, 0.15) is 38.3 Å². The number of nitrogens with one attached hydrogen (secondary N) is 1. The molecular formula is C13H18ClNO2. The van der Waals surface area contributed by atoms with Crippen molar-refractivity contribution in [1.82, 2.24) is 5.32 Å². The minimum absolute atomic E-state index is 0.0229. The van der Waals surface area contributed by atoms with Crippen molar-refractivity contribution in [2.75, 3.05) is 0 Å². The second-order valence-corrected chi connectivity index (χ2v) is 4.42. The van der Waals surface area contributed by atoms with E-state index in [-0.39, 0.29) is 6.04 Å². The molecule has 17 heavy (non-hydrogen) atoms. The molecule has 0 aliphatic carbocycles. The van der Waals surface area contributed by atoms with Crippen molar-refractivity contribution in [3.63, 3.8) is 0 Å². The summed E-state index contributed by atoms with van der Waals surface area (Å²) in [5.41, 5.74) is 1.03. The minimum atomic E-state index is -0.812. The number of aliphatic carboxylic acids is 1. The Bertz CT molecular complexity index is 381. The van der Waals surface area contributed by atoms with Crippen molar-refractivity contribution in [3.8, 4) is 0 Å². The highest BCUT2D eigenvalue weighted by molar-refractivity contribution is 6.30. The number of hydrogen-bond acceptors (Lipinski definition) is 2. The van der Waals surface area contributed by atoms with Gasteiger partial charge in [-0.15, -0.1) is 0 Å². The van der Waals surface area contributed by atoms with Crippen LogP contribution in [0.4, 0.5) is 0 Å². The van der Waals surface area contributed by atoms with Gasteiger partial charge in [-0.1, -0.05) is 37.6 Å². The third-order valence-electron chi connectivity index (χ3n) is 2.77. The molecule has 0 heterocycles. The van der Waals surface area contributed by atoms with Gasteiger partial charge in [0.1, 0.15) is 6.04 Å². The average molecular weight is 256 g/mol. The summed E-state index contributed by atoms with van der Waals surface area (Å²) in [6, 6.07) is 7.03. The van der Waals surface area contributed by atoms with Crippen LogP contribution in [-0.2, 0) is 4.79 Å². The molecule has 0 amide bonds. The molecule has 1 aromatic carbocycles. The highest BCUT2D eigenvalue weighted by atomic mass is 35.5. The lowest BCUT2D eigenvalue weighted by Gasteiger charge is -2.22. The number of carboxylic acids is 1. The van der Waals surface area contributed by atoms with Gasteiger partial charge in [0.05, 0.1) is 0 Å². The van der Waals surface area contributed by atoms with Crippen molar-refractivity contribution in [3.05, 3.63) is 34.9 Å². The zero-order valence-corrected chi connectivity index (χ0v) is 10.9. The van der Waals surface area contributed by atoms with Crippen LogP contribution in [0.15, 0.2) is 24.3 Å². The van der Waals surface area contributed by atoms with Crippen LogP contribution >= 0.6 is 11.6 Å². The van der Waals surface area contributed by atoms with Crippen LogP contribution in [0.5, 0.6) is 0 Å². The van der Waals surface area contributed by atoms with Crippen LogP contribution < -0.4 is 5.32 Å². The maximum absolute atomic E-state index is 11.0. The van der Waals surface area contributed by atoms with Crippen molar-refractivity contribution < 1.29 is 9.90 Å². The minimum Gasteiger partial charge on any atom is -0.480 e. The molecule has 94 valence electrons. The molecule has 0 fully saturated rings. The third-order valence-corrected chi connectivity index (χ3v) is 3.00. The van der Waals surface area contributed by atoms with Gasteiger partial charge in [-0.2, -0.15) is 0 Å². The maximum atomic E-state index is 11.0. The van der Waals surface area contributed by atoms with Gasteiger partial charge < -0.3 is 5.11 Å². The number of carboxylic acid groups (broad SMARTS) is 1. The highest BCUT2D eigenvalue weighted by Gasteiger charge is 2.19. The van der Waals surface area contributed by atoms with E-state index in [4.69, 9.17) is 16.7 Å². The molecule has 2 N–H and O–H groups in total. The molecular weight excluding hydrogens is 238 g/mol. The lowest BCUT2D eigenvalue weighted by atomic mass is 10.0. The molecule has 0 saturated carbocycles. The van der Waals surface area contributed by atoms with E-state index in [2.05, 4.69) is 5.32 Å². The summed E-state index contributed by atoms with van der Waals surface area (Å²) in [6.07, 6.45) is 1.39. The summed E-state index contributed by atoms with van der Waals surface area (Å²) in [7, 11) is 0. The SMILES string of the molecule is CCC(NC(CC)c1cccc(Cl)c1)C(=O)O. The van der Waals surface area contributed by atoms with Gasteiger partial charge in [0, 0.05) is 11.1 Å². The zero-order valence-electron chi connectivity index (χ0n) is 10.1. The number of halogens is 1. The van der Waals surface area contributed by atoms with E-state index in [0.29, 0.717) is 11.4 Å². The Morgan fingerprint density at radius 3 is 2.59 bits per heavy atom. The van der Waals surface area contributed by atoms with Gasteiger partial charge in [-0.3, -0.25) is 10.1 Å². The van der Waals surface area contributed by atoms with E-state index < -0.39 is 12.0 Å². The number of carbonyl (C=O) groups is 1. The zero-order chi connectivity index (χ0) is 12.8. The van der Waals surface area contributed by atoms with Gasteiger partial charge in [-0.05, 0) is 30.5 Å². The van der Waals surface area contributed by atoms with Crippen molar-refractivity contribution in [1.29, 1.82) is 0 Å². The fraction of sp³-hybridized carbons (Fsp3) is 0.462. The Hall–Kier alpha value is -1.06. The van der Waals surface area contributed by atoms with Crippen molar-refractivity contribution >= 4 is 17.6 Å². The highest BCUT2D eigenvalue weighted by Crippen LogP contribution is 2.21. The summed E-state index contributed by atoms with van der Waals surface area (Å²) in [5.74, 6) is -0.812. The molecule has 2 atom stereocenters. The van der Waals surface area contributed by atoms with Crippen LogP contribution in [0, 0.1) is 0 Å². The molecule has 1 aromatic rings. The molecule has 4 heteroatoms. The molecule has 0 aliphatic rings. The predicted octanol–water partition coefficient (Wildman–Crippen LogP) is 3.24. The smallest absolute Gasteiger partial charge is 0.320 e. The predicted molar refractivity (Wildman–Crippen MR) is 69.3 cm³/mol. The molecule has 2 unspecified atom stereocenters. The van der Waals surface area contributed by atoms with Crippen LogP contribution in [0.25, 0.3) is 0 Å². The van der Waals surface area contributed by atoms with Crippen LogP contribution in [0.3, 0.4) is 0 Å².